The van der Waals surface area contributed by atoms with Gasteiger partial charge in [-0.2, -0.15) is 0 Å². The number of unbranched alkanes of at least 4 members (excludes halogenated alkanes) is 6. The number of carbonyl (C=O) groups excluding carboxylic acids is 2. The Labute approximate surface area is 168 Å². The zero-order valence-electron chi connectivity index (χ0n) is 16.6. The molecule has 0 aliphatic heterocycles. The molecule has 0 unspecified atom stereocenters. The average Bonchev–Trinajstić information content (AvgIpc) is 2.72. The zero-order valence-corrected chi connectivity index (χ0v) is 16.6. The van der Waals surface area contributed by atoms with E-state index in [-0.39, 0.29) is 11.7 Å². The maximum Gasteiger partial charge on any atom is 0.217 e. The molecule has 2 rings (SSSR count). The summed E-state index contributed by atoms with van der Waals surface area (Å²) in [6.45, 7) is 1.27. The number of nitrogens with two attached hydrogens (primary N) is 1. The van der Waals surface area contributed by atoms with Crippen molar-refractivity contribution in [3.63, 3.8) is 0 Å². The molecule has 2 N–H and O–H groups in total. The van der Waals surface area contributed by atoms with Crippen LogP contribution in [-0.4, -0.2) is 18.3 Å². The van der Waals surface area contributed by atoms with Gasteiger partial charge in [0.15, 0.2) is 5.78 Å². The quantitative estimate of drug-likeness (QED) is 0.368. The Kier molecular flexibility index (Phi) is 10.0. The van der Waals surface area contributed by atoms with Crippen molar-refractivity contribution in [3.05, 3.63) is 71.3 Å². The van der Waals surface area contributed by atoms with E-state index in [0.717, 1.165) is 44.3 Å². The summed E-state index contributed by atoms with van der Waals surface area (Å²) in [6, 6.07) is 17.0. The molecule has 0 saturated heterocycles. The Bertz CT molecular complexity index is 728. The number of amides is 1. The minimum Gasteiger partial charge on any atom is -0.377 e. The number of rotatable bonds is 14. The standard InChI is InChI=1S/C24H31NO3/c25-23(26)16-9-4-2-1-3-5-10-17-28-19-20-12-11-15-22(18-20)24(27)21-13-7-6-8-14-21/h6-8,11-15,18H,1-5,9-10,16-17,19H2,(H2,25,26). The molecule has 2 aromatic rings. The number of hydrogen-bond acceptors (Lipinski definition) is 3. The Hall–Kier alpha value is -2.46. The van der Waals surface area contributed by atoms with Gasteiger partial charge in [-0.3, -0.25) is 9.59 Å². The first-order valence-electron chi connectivity index (χ1n) is 10.2. The maximum absolute atomic E-state index is 12.5. The summed E-state index contributed by atoms with van der Waals surface area (Å²) < 4.78 is 5.77. The predicted molar refractivity (Wildman–Crippen MR) is 112 cm³/mol. The first-order valence-corrected chi connectivity index (χ1v) is 10.2. The Morgan fingerprint density at radius 3 is 2.11 bits per heavy atom. The molecule has 0 aromatic heterocycles. The zero-order chi connectivity index (χ0) is 20.0. The monoisotopic (exact) mass is 381 g/mol. The molecule has 2 aromatic carbocycles. The second-order valence-corrected chi connectivity index (χ2v) is 7.14. The van der Waals surface area contributed by atoms with Crippen LogP contribution in [0.3, 0.4) is 0 Å². The summed E-state index contributed by atoms with van der Waals surface area (Å²) in [6.07, 6.45) is 8.25. The molecular weight excluding hydrogens is 350 g/mol. The summed E-state index contributed by atoms with van der Waals surface area (Å²) in [5.41, 5.74) is 7.55. The number of hydrogen-bond donors (Lipinski definition) is 1. The van der Waals surface area contributed by atoms with E-state index in [1.165, 1.54) is 12.8 Å². The summed E-state index contributed by atoms with van der Waals surface area (Å²) in [5.74, 6) is -0.162. The normalized spacial score (nSPS) is 10.7. The Morgan fingerprint density at radius 2 is 1.39 bits per heavy atom. The van der Waals surface area contributed by atoms with Crippen molar-refractivity contribution in [2.75, 3.05) is 6.61 Å². The van der Waals surface area contributed by atoms with E-state index in [9.17, 15) is 9.59 Å². The van der Waals surface area contributed by atoms with Crippen molar-refractivity contribution in [2.45, 2.75) is 58.0 Å². The van der Waals surface area contributed by atoms with Crippen LogP contribution in [0.4, 0.5) is 0 Å². The fraction of sp³-hybridized carbons (Fsp3) is 0.417. The number of ketones is 1. The van der Waals surface area contributed by atoms with Gasteiger partial charge in [0, 0.05) is 24.2 Å². The van der Waals surface area contributed by atoms with E-state index in [0.29, 0.717) is 24.2 Å². The van der Waals surface area contributed by atoms with Crippen molar-refractivity contribution < 1.29 is 14.3 Å². The Balaban J connectivity index is 1.58. The number of carbonyl (C=O) groups is 2. The molecule has 0 saturated carbocycles. The van der Waals surface area contributed by atoms with E-state index >= 15 is 0 Å². The van der Waals surface area contributed by atoms with Crippen molar-refractivity contribution in [3.8, 4) is 0 Å². The molecule has 0 atom stereocenters. The molecule has 0 bridgehead atoms. The smallest absolute Gasteiger partial charge is 0.217 e. The van der Waals surface area contributed by atoms with Crippen LogP contribution in [0.5, 0.6) is 0 Å². The molecule has 4 nitrogen and oxygen atoms in total. The average molecular weight is 382 g/mol. The molecule has 0 fully saturated rings. The number of benzene rings is 2. The highest BCUT2D eigenvalue weighted by Gasteiger charge is 2.08. The van der Waals surface area contributed by atoms with Gasteiger partial charge in [-0.25, -0.2) is 0 Å². The molecule has 0 radical (unpaired) electrons. The lowest BCUT2D eigenvalue weighted by molar-refractivity contribution is -0.118. The molecule has 150 valence electrons. The first kappa shape index (κ1) is 21.8. The second kappa shape index (κ2) is 12.8. The number of primary amides is 1. The van der Waals surface area contributed by atoms with Gasteiger partial charge in [-0.05, 0) is 24.5 Å². The van der Waals surface area contributed by atoms with Gasteiger partial charge in [0.2, 0.25) is 5.91 Å². The van der Waals surface area contributed by atoms with Gasteiger partial charge in [0.05, 0.1) is 6.61 Å². The van der Waals surface area contributed by atoms with E-state index in [2.05, 4.69) is 0 Å². The van der Waals surface area contributed by atoms with Crippen molar-refractivity contribution in [2.24, 2.45) is 5.73 Å². The van der Waals surface area contributed by atoms with E-state index in [4.69, 9.17) is 10.5 Å². The molecule has 0 heterocycles. The van der Waals surface area contributed by atoms with Crippen LogP contribution in [0.2, 0.25) is 0 Å². The SMILES string of the molecule is NC(=O)CCCCCCCCCOCc1cccc(C(=O)c2ccccc2)c1. The van der Waals surface area contributed by atoms with E-state index in [1.54, 1.807) is 0 Å². The van der Waals surface area contributed by atoms with Crippen LogP contribution >= 0.6 is 0 Å². The van der Waals surface area contributed by atoms with E-state index in [1.807, 2.05) is 54.6 Å². The molecule has 28 heavy (non-hydrogen) atoms. The lowest BCUT2D eigenvalue weighted by Crippen LogP contribution is -2.09. The largest absolute Gasteiger partial charge is 0.377 e. The van der Waals surface area contributed by atoms with Crippen LogP contribution in [0.1, 0.15) is 72.9 Å². The van der Waals surface area contributed by atoms with Gasteiger partial charge in [0.1, 0.15) is 0 Å². The van der Waals surface area contributed by atoms with Gasteiger partial charge >= 0.3 is 0 Å². The first-order chi connectivity index (χ1) is 13.7. The minimum absolute atomic E-state index is 0.0401. The van der Waals surface area contributed by atoms with Crippen molar-refractivity contribution >= 4 is 11.7 Å². The highest BCUT2D eigenvalue weighted by atomic mass is 16.5. The Morgan fingerprint density at radius 1 is 0.750 bits per heavy atom. The summed E-state index contributed by atoms with van der Waals surface area (Å²) in [4.78, 5) is 23.2. The lowest BCUT2D eigenvalue weighted by atomic mass is 10.0. The van der Waals surface area contributed by atoms with E-state index < -0.39 is 0 Å². The molecular formula is C24H31NO3. The maximum atomic E-state index is 12.5. The van der Waals surface area contributed by atoms with Crippen LogP contribution in [-0.2, 0) is 16.1 Å². The number of ether oxygens (including phenoxy) is 1. The molecule has 0 aliphatic carbocycles. The van der Waals surface area contributed by atoms with Crippen molar-refractivity contribution in [1.29, 1.82) is 0 Å². The summed E-state index contributed by atoms with van der Waals surface area (Å²) >= 11 is 0. The molecule has 4 heteroatoms. The van der Waals surface area contributed by atoms with Crippen LogP contribution in [0.15, 0.2) is 54.6 Å². The second-order valence-electron chi connectivity index (χ2n) is 7.14. The molecule has 1 amide bonds. The third-order valence-electron chi connectivity index (χ3n) is 4.71. The highest BCUT2D eigenvalue weighted by Crippen LogP contribution is 2.13. The summed E-state index contributed by atoms with van der Waals surface area (Å²) in [7, 11) is 0. The van der Waals surface area contributed by atoms with Gasteiger partial charge in [-0.15, -0.1) is 0 Å². The van der Waals surface area contributed by atoms with Crippen LogP contribution in [0.25, 0.3) is 0 Å². The highest BCUT2D eigenvalue weighted by molar-refractivity contribution is 6.09. The molecule has 0 spiro atoms. The topological polar surface area (TPSA) is 69.4 Å². The van der Waals surface area contributed by atoms with Gasteiger partial charge in [0.25, 0.3) is 0 Å². The fourth-order valence-electron chi connectivity index (χ4n) is 3.14. The van der Waals surface area contributed by atoms with Gasteiger partial charge in [-0.1, -0.05) is 80.6 Å². The van der Waals surface area contributed by atoms with Crippen LogP contribution < -0.4 is 5.73 Å². The molecule has 0 aliphatic rings. The third kappa shape index (κ3) is 8.49. The van der Waals surface area contributed by atoms with Crippen LogP contribution in [0, 0.1) is 0 Å². The predicted octanol–water partition coefficient (Wildman–Crippen LogP) is 5.04. The summed E-state index contributed by atoms with van der Waals surface area (Å²) in [5, 5.41) is 0. The van der Waals surface area contributed by atoms with Gasteiger partial charge < -0.3 is 10.5 Å². The third-order valence-corrected chi connectivity index (χ3v) is 4.71. The fourth-order valence-corrected chi connectivity index (χ4v) is 3.14. The minimum atomic E-state index is -0.202. The van der Waals surface area contributed by atoms with Crippen molar-refractivity contribution in [1.82, 2.24) is 0 Å². The lowest BCUT2D eigenvalue weighted by Gasteiger charge is -2.07.